The Morgan fingerprint density at radius 2 is 0.672 bits per heavy atom. The third-order valence-corrected chi connectivity index (χ3v) is 14.9. The van der Waals surface area contributed by atoms with Crippen LogP contribution in [0.15, 0.2) is 200 Å². The molecule has 64 heavy (non-hydrogen) atoms. The summed E-state index contributed by atoms with van der Waals surface area (Å²) >= 11 is 0. The van der Waals surface area contributed by atoms with Gasteiger partial charge in [0, 0.05) is 28.0 Å². The Kier molecular flexibility index (Phi) is 7.77. The molecule has 11 aromatic rings. The van der Waals surface area contributed by atoms with Crippen LogP contribution in [0.3, 0.4) is 0 Å². The second kappa shape index (κ2) is 13.4. The van der Waals surface area contributed by atoms with Crippen molar-refractivity contribution >= 4 is 43.2 Å². The van der Waals surface area contributed by atoms with Crippen LogP contribution in [0.2, 0.25) is 0 Å². The van der Waals surface area contributed by atoms with Gasteiger partial charge in [0.15, 0.2) is 0 Å². The van der Waals surface area contributed by atoms with E-state index in [2.05, 4.69) is 222 Å². The molecule has 0 unspecified atom stereocenters. The SMILES string of the molecule is CC1(C)c2ccccc2-c2ccc(-c3ccc4cc(-c5c6ccccc6c(-c6ccc7cc(-c8ccc9c(c8)C(C)(C)c8ccccc8-9)ccc7c6)c6ncccc56)ccc4c3)cc21. The van der Waals surface area contributed by atoms with E-state index in [1.807, 2.05) is 6.20 Å². The van der Waals surface area contributed by atoms with E-state index in [4.69, 9.17) is 4.98 Å². The molecule has 1 aromatic heterocycles. The highest BCUT2D eigenvalue weighted by Crippen LogP contribution is 2.51. The lowest BCUT2D eigenvalue weighted by Crippen LogP contribution is -2.14. The molecule has 2 aliphatic carbocycles. The zero-order valence-corrected chi connectivity index (χ0v) is 36.5. The van der Waals surface area contributed by atoms with Crippen LogP contribution in [0, 0.1) is 0 Å². The lowest BCUT2D eigenvalue weighted by molar-refractivity contribution is 0.660. The van der Waals surface area contributed by atoms with Crippen molar-refractivity contribution in [1.29, 1.82) is 0 Å². The van der Waals surface area contributed by atoms with E-state index in [1.165, 1.54) is 121 Å². The van der Waals surface area contributed by atoms with Crippen molar-refractivity contribution in [2.75, 3.05) is 0 Å². The second-order valence-corrected chi connectivity index (χ2v) is 19.1. The van der Waals surface area contributed by atoms with Gasteiger partial charge in [-0.1, -0.05) is 179 Å². The molecule has 0 saturated heterocycles. The van der Waals surface area contributed by atoms with Crippen molar-refractivity contribution in [2.45, 2.75) is 38.5 Å². The molecule has 0 atom stereocenters. The Morgan fingerprint density at radius 3 is 1.20 bits per heavy atom. The van der Waals surface area contributed by atoms with Gasteiger partial charge < -0.3 is 0 Å². The quantitative estimate of drug-likeness (QED) is 0.161. The molecule has 1 heterocycles. The van der Waals surface area contributed by atoms with E-state index in [-0.39, 0.29) is 10.8 Å². The van der Waals surface area contributed by atoms with E-state index in [0.29, 0.717) is 0 Å². The normalized spacial score (nSPS) is 14.2. The van der Waals surface area contributed by atoms with Crippen LogP contribution in [0.1, 0.15) is 49.9 Å². The van der Waals surface area contributed by atoms with Crippen LogP contribution in [-0.2, 0) is 10.8 Å². The van der Waals surface area contributed by atoms with Gasteiger partial charge in [0.05, 0.1) is 5.52 Å². The molecule has 302 valence electrons. The fourth-order valence-corrected chi connectivity index (χ4v) is 11.5. The summed E-state index contributed by atoms with van der Waals surface area (Å²) in [5, 5.41) is 8.50. The van der Waals surface area contributed by atoms with Gasteiger partial charge in [-0.15, -0.1) is 0 Å². The third kappa shape index (κ3) is 5.34. The van der Waals surface area contributed by atoms with E-state index in [0.717, 1.165) is 10.9 Å². The molecule has 0 N–H and O–H groups in total. The lowest BCUT2D eigenvalue weighted by Gasteiger charge is -2.22. The Bertz CT molecular complexity index is 3480. The molecular weight excluding hydrogens is 771 g/mol. The van der Waals surface area contributed by atoms with Crippen molar-refractivity contribution in [3.05, 3.63) is 223 Å². The Labute approximate surface area is 374 Å². The van der Waals surface area contributed by atoms with Gasteiger partial charge in [0.1, 0.15) is 0 Å². The average molecular weight is 816 g/mol. The molecule has 0 radical (unpaired) electrons. The predicted octanol–water partition coefficient (Wildman–Crippen LogP) is 17.0. The molecule has 0 aliphatic heterocycles. The first kappa shape index (κ1) is 37.0. The van der Waals surface area contributed by atoms with Crippen LogP contribution in [0.5, 0.6) is 0 Å². The molecule has 0 amide bonds. The van der Waals surface area contributed by atoms with Gasteiger partial charge in [-0.25, -0.2) is 0 Å². The van der Waals surface area contributed by atoms with Crippen LogP contribution >= 0.6 is 0 Å². The van der Waals surface area contributed by atoms with E-state index in [1.54, 1.807) is 0 Å². The number of nitrogens with zero attached hydrogens (tertiary/aromatic N) is 1. The van der Waals surface area contributed by atoms with E-state index < -0.39 is 0 Å². The number of aromatic nitrogens is 1. The summed E-state index contributed by atoms with van der Waals surface area (Å²) in [7, 11) is 0. The molecule has 0 saturated carbocycles. The average Bonchev–Trinajstić information content (AvgIpc) is 3.71. The summed E-state index contributed by atoms with van der Waals surface area (Å²) in [6.45, 7) is 9.41. The predicted molar refractivity (Wildman–Crippen MR) is 271 cm³/mol. The van der Waals surface area contributed by atoms with Crippen LogP contribution in [0.4, 0.5) is 0 Å². The standard InChI is InChI=1S/C63H45N/c1-62(2)55-17-9-7-12-48(55)50-29-27-44(36-57(50)62)40-19-21-42-34-46(25-23-38(42)32-40)59-52-14-5-6-15-53(52)60(61-54(59)16-11-31-64-61)47-26-24-39-33-41(20-22-43(39)35-47)45-28-30-51-49-13-8-10-18-56(49)63(3,4)58(51)37-45/h5-37H,1-4H3. The fraction of sp³-hybridized carbons (Fsp3) is 0.0952. The minimum absolute atomic E-state index is 0.0301. The summed E-state index contributed by atoms with van der Waals surface area (Å²) in [6, 6.07) is 72.8. The zero-order valence-electron chi connectivity index (χ0n) is 36.5. The molecule has 1 nitrogen and oxygen atoms in total. The molecule has 0 bridgehead atoms. The third-order valence-electron chi connectivity index (χ3n) is 14.9. The lowest BCUT2D eigenvalue weighted by atomic mass is 9.81. The van der Waals surface area contributed by atoms with Crippen molar-refractivity contribution in [2.24, 2.45) is 0 Å². The monoisotopic (exact) mass is 815 g/mol. The number of hydrogen-bond acceptors (Lipinski definition) is 1. The first-order valence-corrected chi connectivity index (χ1v) is 22.6. The topological polar surface area (TPSA) is 12.9 Å². The summed E-state index contributed by atoms with van der Waals surface area (Å²) in [6.07, 6.45) is 1.94. The van der Waals surface area contributed by atoms with Gasteiger partial charge in [-0.3, -0.25) is 4.98 Å². The minimum Gasteiger partial charge on any atom is -0.256 e. The largest absolute Gasteiger partial charge is 0.256 e. The van der Waals surface area contributed by atoms with Gasteiger partial charge in [-0.05, 0) is 158 Å². The molecular formula is C63H45N. The summed E-state index contributed by atoms with van der Waals surface area (Å²) in [5.41, 5.74) is 21.8. The first-order valence-electron chi connectivity index (χ1n) is 22.6. The second-order valence-electron chi connectivity index (χ2n) is 19.1. The Balaban J connectivity index is 0.876. The van der Waals surface area contributed by atoms with Gasteiger partial charge in [0.25, 0.3) is 0 Å². The number of hydrogen-bond donors (Lipinski definition) is 0. The fourth-order valence-electron chi connectivity index (χ4n) is 11.5. The Morgan fingerprint density at radius 1 is 0.297 bits per heavy atom. The first-order chi connectivity index (χ1) is 31.2. The molecule has 13 rings (SSSR count). The van der Waals surface area contributed by atoms with Crippen molar-refractivity contribution in [1.82, 2.24) is 4.98 Å². The van der Waals surface area contributed by atoms with Crippen molar-refractivity contribution < 1.29 is 0 Å². The van der Waals surface area contributed by atoms with E-state index in [9.17, 15) is 0 Å². The summed E-state index contributed by atoms with van der Waals surface area (Å²) < 4.78 is 0. The van der Waals surface area contributed by atoms with Gasteiger partial charge in [-0.2, -0.15) is 0 Å². The number of pyridine rings is 1. The van der Waals surface area contributed by atoms with Crippen LogP contribution in [-0.4, -0.2) is 4.98 Å². The van der Waals surface area contributed by atoms with Crippen LogP contribution < -0.4 is 0 Å². The maximum Gasteiger partial charge on any atom is 0.0792 e. The number of fused-ring (bicyclic) bond motifs is 10. The zero-order chi connectivity index (χ0) is 42.9. The maximum absolute atomic E-state index is 5.14. The molecule has 1 heteroatoms. The van der Waals surface area contributed by atoms with Crippen LogP contribution in [0.25, 0.3) is 110 Å². The smallest absolute Gasteiger partial charge is 0.0792 e. The summed E-state index contributed by atoms with van der Waals surface area (Å²) in [4.78, 5) is 5.14. The highest BCUT2D eigenvalue weighted by atomic mass is 14.7. The maximum atomic E-state index is 5.14. The number of rotatable bonds is 4. The minimum atomic E-state index is -0.0309. The molecule has 10 aromatic carbocycles. The van der Waals surface area contributed by atoms with Crippen molar-refractivity contribution in [3.8, 4) is 66.8 Å². The molecule has 0 fully saturated rings. The van der Waals surface area contributed by atoms with Gasteiger partial charge >= 0.3 is 0 Å². The molecule has 0 spiro atoms. The van der Waals surface area contributed by atoms with Crippen molar-refractivity contribution in [3.63, 3.8) is 0 Å². The highest BCUT2D eigenvalue weighted by molar-refractivity contribution is 6.21. The molecule has 2 aliphatic rings. The van der Waals surface area contributed by atoms with E-state index >= 15 is 0 Å². The van der Waals surface area contributed by atoms with Gasteiger partial charge in [0.2, 0.25) is 0 Å². The summed E-state index contributed by atoms with van der Waals surface area (Å²) in [5.74, 6) is 0. The number of benzene rings is 10. The highest BCUT2D eigenvalue weighted by Gasteiger charge is 2.36. The Hall–Kier alpha value is -7.61.